The maximum atomic E-state index is 12.9. The Morgan fingerprint density at radius 3 is 2.48 bits per heavy atom. The fourth-order valence-electron chi connectivity index (χ4n) is 2.33. The van der Waals surface area contributed by atoms with E-state index < -0.39 is 24.3 Å². The van der Waals surface area contributed by atoms with E-state index in [1.165, 1.54) is 18.2 Å². The number of carbonyl (C=O) groups is 1. The van der Waals surface area contributed by atoms with Crippen LogP contribution in [-0.2, 0) is 17.5 Å². The summed E-state index contributed by atoms with van der Waals surface area (Å²) in [4.78, 5) is 14.9. The number of H-pyrrole nitrogens is 1. The minimum Gasteiger partial charge on any atom is -0.456 e. The third-order valence-corrected chi connectivity index (χ3v) is 3.43. The largest absolute Gasteiger partial charge is 0.456 e. The molecule has 0 bridgehead atoms. The van der Waals surface area contributed by atoms with Crippen LogP contribution in [0.2, 0.25) is 0 Å². The number of esters is 1. The molecule has 2 aromatic carbocycles. The minimum atomic E-state index is -4.48. The predicted molar refractivity (Wildman–Crippen MR) is 78.9 cm³/mol. The SMILES string of the molecule is O=C(OCc1ccccc1C(F)(F)F)c1cc2ccccc2[nH]1. The Kier molecular flexibility index (Phi) is 3.82. The Balaban J connectivity index is 1.77. The molecule has 0 aliphatic rings. The summed E-state index contributed by atoms with van der Waals surface area (Å²) in [7, 11) is 0. The molecule has 0 aliphatic carbocycles. The summed E-state index contributed by atoms with van der Waals surface area (Å²) in [6, 6.07) is 13.9. The first kappa shape index (κ1) is 15.1. The highest BCUT2D eigenvalue weighted by atomic mass is 19.4. The zero-order valence-corrected chi connectivity index (χ0v) is 11.9. The molecule has 0 saturated heterocycles. The lowest BCUT2D eigenvalue weighted by atomic mass is 10.1. The molecule has 3 aromatic rings. The molecular formula is C17H12F3NO2. The molecule has 118 valence electrons. The van der Waals surface area contributed by atoms with Crippen molar-refractivity contribution in [2.75, 3.05) is 0 Å². The number of alkyl halides is 3. The van der Waals surface area contributed by atoms with E-state index >= 15 is 0 Å². The van der Waals surface area contributed by atoms with Gasteiger partial charge in [0.25, 0.3) is 0 Å². The van der Waals surface area contributed by atoms with E-state index in [9.17, 15) is 18.0 Å². The van der Waals surface area contributed by atoms with Gasteiger partial charge in [0.2, 0.25) is 0 Å². The molecule has 0 atom stereocenters. The molecule has 1 N–H and O–H groups in total. The van der Waals surface area contributed by atoms with Crippen LogP contribution in [0.5, 0.6) is 0 Å². The number of ether oxygens (including phenoxy) is 1. The molecule has 0 amide bonds. The van der Waals surface area contributed by atoms with Gasteiger partial charge < -0.3 is 9.72 Å². The van der Waals surface area contributed by atoms with Crippen LogP contribution < -0.4 is 0 Å². The van der Waals surface area contributed by atoms with Crippen molar-refractivity contribution in [2.24, 2.45) is 0 Å². The summed E-state index contributed by atoms with van der Waals surface area (Å²) >= 11 is 0. The third kappa shape index (κ3) is 3.21. The molecule has 1 heterocycles. The number of hydrogen-bond acceptors (Lipinski definition) is 2. The van der Waals surface area contributed by atoms with Gasteiger partial charge in [-0.25, -0.2) is 4.79 Å². The molecule has 0 aliphatic heterocycles. The first-order chi connectivity index (χ1) is 10.9. The smallest absolute Gasteiger partial charge is 0.416 e. The Bertz CT molecular complexity index is 819. The van der Waals surface area contributed by atoms with Gasteiger partial charge in [0.15, 0.2) is 0 Å². The quantitative estimate of drug-likeness (QED) is 0.720. The Hall–Kier alpha value is -2.76. The molecule has 1 aromatic heterocycles. The zero-order chi connectivity index (χ0) is 16.4. The number of nitrogens with one attached hydrogen (secondary N) is 1. The molecule has 0 radical (unpaired) electrons. The van der Waals surface area contributed by atoms with Crippen molar-refractivity contribution in [2.45, 2.75) is 12.8 Å². The first-order valence-corrected chi connectivity index (χ1v) is 6.85. The molecule has 3 nitrogen and oxygen atoms in total. The van der Waals surface area contributed by atoms with Crippen LogP contribution >= 0.6 is 0 Å². The number of aromatic amines is 1. The van der Waals surface area contributed by atoms with E-state index in [0.717, 1.165) is 17.0 Å². The molecule has 0 unspecified atom stereocenters. The van der Waals surface area contributed by atoms with Crippen molar-refractivity contribution in [3.63, 3.8) is 0 Å². The normalized spacial score (nSPS) is 11.6. The Labute approximate surface area is 129 Å². The Morgan fingerprint density at radius 2 is 1.74 bits per heavy atom. The van der Waals surface area contributed by atoms with E-state index in [2.05, 4.69) is 4.98 Å². The van der Waals surface area contributed by atoms with Crippen molar-refractivity contribution in [3.8, 4) is 0 Å². The number of carbonyl (C=O) groups excluding carboxylic acids is 1. The topological polar surface area (TPSA) is 42.1 Å². The van der Waals surface area contributed by atoms with Crippen molar-refractivity contribution in [3.05, 3.63) is 71.4 Å². The lowest BCUT2D eigenvalue weighted by Gasteiger charge is -2.12. The van der Waals surface area contributed by atoms with Crippen molar-refractivity contribution in [1.29, 1.82) is 0 Å². The van der Waals surface area contributed by atoms with Crippen LogP contribution in [-0.4, -0.2) is 11.0 Å². The van der Waals surface area contributed by atoms with Crippen molar-refractivity contribution < 1.29 is 22.7 Å². The van der Waals surface area contributed by atoms with Gasteiger partial charge in [-0.3, -0.25) is 0 Å². The lowest BCUT2D eigenvalue weighted by Crippen LogP contribution is -2.12. The summed E-state index contributed by atoms with van der Waals surface area (Å²) in [6.45, 7) is -0.441. The van der Waals surface area contributed by atoms with Crippen LogP contribution in [0.15, 0.2) is 54.6 Å². The zero-order valence-electron chi connectivity index (χ0n) is 11.9. The number of aromatic nitrogens is 1. The molecule has 23 heavy (non-hydrogen) atoms. The second-order valence-corrected chi connectivity index (χ2v) is 5.00. The molecular weight excluding hydrogens is 307 g/mol. The van der Waals surface area contributed by atoms with Crippen LogP contribution in [0.3, 0.4) is 0 Å². The highest BCUT2D eigenvalue weighted by molar-refractivity contribution is 5.94. The molecule has 0 spiro atoms. The number of rotatable bonds is 3. The average Bonchev–Trinajstić information content (AvgIpc) is 2.96. The molecule has 0 fully saturated rings. The molecule has 0 saturated carbocycles. The fourth-order valence-corrected chi connectivity index (χ4v) is 2.33. The van der Waals surface area contributed by atoms with E-state index in [0.29, 0.717) is 0 Å². The number of benzene rings is 2. The summed E-state index contributed by atoms with van der Waals surface area (Å²) in [5, 5.41) is 0.829. The van der Waals surface area contributed by atoms with E-state index in [1.807, 2.05) is 18.2 Å². The number of para-hydroxylation sites is 1. The van der Waals surface area contributed by atoms with Crippen LogP contribution in [0.4, 0.5) is 13.2 Å². The monoisotopic (exact) mass is 319 g/mol. The second kappa shape index (κ2) is 5.79. The first-order valence-electron chi connectivity index (χ1n) is 6.85. The summed E-state index contributed by atoms with van der Waals surface area (Å²) < 4.78 is 43.7. The van der Waals surface area contributed by atoms with E-state index in [-0.39, 0.29) is 11.3 Å². The van der Waals surface area contributed by atoms with Gasteiger partial charge in [0, 0.05) is 16.5 Å². The number of halogens is 3. The van der Waals surface area contributed by atoms with E-state index in [1.54, 1.807) is 12.1 Å². The third-order valence-electron chi connectivity index (χ3n) is 3.43. The summed E-state index contributed by atoms with van der Waals surface area (Å²) in [5.74, 6) is -0.696. The second-order valence-electron chi connectivity index (χ2n) is 5.00. The van der Waals surface area contributed by atoms with Gasteiger partial charge >= 0.3 is 12.1 Å². The number of fused-ring (bicyclic) bond motifs is 1. The highest BCUT2D eigenvalue weighted by Gasteiger charge is 2.33. The minimum absolute atomic E-state index is 0.0792. The van der Waals surface area contributed by atoms with Gasteiger partial charge in [-0.1, -0.05) is 36.4 Å². The van der Waals surface area contributed by atoms with Crippen LogP contribution in [0.25, 0.3) is 10.9 Å². The highest BCUT2D eigenvalue weighted by Crippen LogP contribution is 2.32. The van der Waals surface area contributed by atoms with Gasteiger partial charge in [-0.05, 0) is 18.2 Å². The maximum absolute atomic E-state index is 12.9. The lowest BCUT2D eigenvalue weighted by molar-refractivity contribution is -0.138. The van der Waals surface area contributed by atoms with E-state index in [4.69, 9.17) is 4.74 Å². The maximum Gasteiger partial charge on any atom is 0.416 e. The summed E-state index contributed by atoms with van der Waals surface area (Å²) in [6.07, 6.45) is -4.48. The predicted octanol–water partition coefficient (Wildman–Crippen LogP) is 4.54. The van der Waals surface area contributed by atoms with Gasteiger partial charge in [0.05, 0.1) is 5.56 Å². The Morgan fingerprint density at radius 1 is 1.04 bits per heavy atom. The fraction of sp³-hybridized carbons (Fsp3) is 0.118. The molecule has 6 heteroatoms. The summed E-state index contributed by atoms with van der Waals surface area (Å²) in [5.41, 5.74) is 0.0831. The average molecular weight is 319 g/mol. The molecule has 3 rings (SSSR count). The van der Waals surface area contributed by atoms with Gasteiger partial charge in [0.1, 0.15) is 12.3 Å². The van der Waals surface area contributed by atoms with Crippen LogP contribution in [0, 0.1) is 0 Å². The van der Waals surface area contributed by atoms with Crippen LogP contribution in [0.1, 0.15) is 21.6 Å². The number of hydrogen-bond donors (Lipinski definition) is 1. The standard InChI is InChI=1S/C17H12F3NO2/c18-17(19,20)13-7-3-1-6-12(13)10-23-16(22)15-9-11-5-2-4-8-14(11)21-15/h1-9,21H,10H2. The van der Waals surface area contributed by atoms with Crippen molar-refractivity contribution in [1.82, 2.24) is 4.98 Å². The van der Waals surface area contributed by atoms with Gasteiger partial charge in [-0.2, -0.15) is 13.2 Å². The van der Waals surface area contributed by atoms with Crippen molar-refractivity contribution >= 4 is 16.9 Å². The van der Waals surface area contributed by atoms with Gasteiger partial charge in [-0.15, -0.1) is 0 Å².